The van der Waals surface area contributed by atoms with Crippen molar-refractivity contribution < 1.29 is 41.6 Å². The lowest BCUT2D eigenvalue weighted by Gasteiger charge is -2.25. The van der Waals surface area contributed by atoms with E-state index in [1.165, 1.54) is 6.92 Å². The summed E-state index contributed by atoms with van der Waals surface area (Å²) >= 11 is 0. The average molecular weight is 361 g/mol. The summed E-state index contributed by atoms with van der Waals surface area (Å²) in [6.07, 6.45) is 0.460. The molecule has 6 atom stereocenters. The number of carbonyl (C=O) groups is 3. The van der Waals surface area contributed by atoms with E-state index in [-0.39, 0.29) is 23.7 Å². The number of fused-ring (bicyclic) bond motifs is 1. The Hall–Kier alpha value is -1.68. The topological polar surface area (TPSA) is 136 Å². The van der Waals surface area contributed by atoms with Gasteiger partial charge in [0.2, 0.25) is 0 Å². The molecule has 3 aliphatic rings. The van der Waals surface area contributed by atoms with Crippen LogP contribution >= 0.6 is 0 Å². The summed E-state index contributed by atoms with van der Waals surface area (Å²) in [7, 11) is -4.56. The maximum Gasteiger partial charge on any atom is 0.344 e. The van der Waals surface area contributed by atoms with Gasteiger partial charge in [0.1, 0.15) is 12.2 Å². The van der Waals surface area contributed by atoms with Crippen LogP contribution in [0.15, 0.2) is 0 Å². The lowest BCUT2D eigenvalue weighted by molar-refractivity contribution is -0.170. The minimum absolute atomic E-state index is 0.0700. The van der Waals surface area contributed by atoms with E-state index in [2.05, 4.69) is 4.74 Å². The molecule has 1 aliphatic heterocycles. The van der Waals surface area contributed by atoms with Crippen molar-refractivity contribution in [1.82, 2.24) is 0 Å². The second-order valence-corrected chi connectivity index (χ2v) is 8.04. The predicted octanol–water partition coefficient (Wildman–Crippen LogP) is -0.796. The Kier molecular flexibility index (Phi) is 4.28. The first-order valence-electron chi connectivity index (χ1n) is 7.66. The summed E-state index contributed by atoms with van der Waals surface area (Å²) in [6, 6.07) is 0. The highest BCUT2D eigenvalue weighted by Gasteiger charge is 2.63. The number of carbonyl (C=O) groups excluding carboxylic acids is 3. The number of ether oxygens (including phenoxy) is 3. The standard InChI is InChI=1S/C14H18O9S/c1-6(5-24(18,19)20)13(16)21-4-10(15)22-11-7-2-8-9(3-7)14(17)23-12(8)11/h6-9,11-12H,2-5H2,1H3,(H,18,19,20)/p-1. The fourth-order valence-corrected chi connectivity index (χ4v) is 4.65. The van der Waals surface area contributed by atoms with Crippen molar-refractivity contribution in [3.63, 3.8) is 0 Å². The van der Waals surface area contributed by atoms with Gasteiger partial charge in [0.05, 0.1) is 27.7 Å². The van der Waals surface area contributed by atoms with Crippen LogP contribution in [0, 0.1) is 23.7 Å². The fraction of sp³-hybridized carbons (Fsp3) is 0.786. The first kappa shape index (κ1) is 17.2. The molecular weight excluding hydrogens is 344 g/mol. The Balaban J connectivity index is 1.47. The van der Waals surface area contributed by atoms with Crippen LogP contribution in [-0.2, 0) is 38.7 Å². The number of esters is 3. The molecule has 9 nitrogen and oxygen atoms in total. The van der Waals surface area contributed by atoms with Gasteiger partial charge < -0.3 is 18.8 Å². The molecule has 0 spiro atoms. The molecule has 1 heterocycles. The van der Waals surface area contributed by atoms with Gasteiger partial charge in [-0.05, 0) is 12.8 Å². The molecule has 0 aromatic rings. The van der Waals surface area contributed by atoms with Gasteiger partial charge in [0.15, 0.2) is 6.61 Å². The predicted molar refractivity (Wildman–Crippen MR) is 74.2 cm³/mol. The van der Waals surface area contributed by atoms with Crippen LogP contribution in [0.5, 0.6) is 0 Å². The van der Waals surface area contributed by atoms with Crippen molar-refractivity contribution in [2.45, 2.75) is 32.0 Å². The zero-order valence-corrected chi connectivity index (χ0v) is 13.7. The zero-order chi connectivity index (χ0) is 17.6. The average Bonchev–Trinajstić information content (AvgIpc) is 3.07. The summed E-state index contributed by atoms with van der Waals surface area (Å²) in [6.45, 7) is 0.539. The second kappa shape index (κ2) is 5.99. The number of rotatable bonds is 6. The van der Waals surface area contributed by atoms with Crippen molar-refractivity contribution in [1.29, 1.82) is 0 Å². The van der Waals surface area contributed by atoms with Gasteiger partial charge in [-0.3, -0.25) is 9.59 Å². The van der Waals surface area contributed by atoms with Gasteiger partial charge in [0, 0.05) is 11.8 Å². The van der Waals surface area contributed by atoms with E-state index in [0.717, 1.165) is 6.42 Å². The van der Waals surface area contributed by atoms with Crippen LogP contribution in [0.25, 0.3) is 0 Å². The lowest BCUT2D eigenvalue weighted by atomic mass is 9.88. The Labute approximate surface area is 138 Å². The van der Waals surface area contributed by atoms with Crippen molar-refractivity contribution >= 4 is 28.0 Å². The third-order valence-electron chi connectivity index (χ3n) is 4.87. The summed E-state index contributed by atoms with van der Waals surface area (Å²) in [5.74, 6) is -4.01. The van der Waals surface area contributed by atoms with Crippen LogP contribution in [0.1, 0.15) is 19.8 Å². The quantitative estimate of drug-likeness (QED) is 0.338. The normalized spacial score (nSPS) is 34.8. The van der Waals surface area contributed by atoms with E-state index >= 15 is 0 Å². The lowest BCUT2D eigenvalue weighted by Crippen LogP contribution is -2.37. The molecule has 0 N–H and O–H groups in total. The summed E-state index contributed by atoms with van der Waals surface area (Å²) in [5, 5.41) is 0. The van der Waals surface area contributed by atoms with Crippen molar-refractivity contribution in [2.75, 3.05) is 12.4 Å². The smallest absolute Gasteiger partial charge is 0.344 e. The largest absolute Gasteiger partial charge is 0.748 e. The van der Waals surface area contributed by atoms with Gasteiger partial charge in [0.25, 0.3) is 0 Å². The summed E-state index contributed by atoms with van der Waals surface area (Å²) in [4.78, 5) is 35.0. The molecule has 10 heteroatoms. The number of hydrogen-bond acceptors (Lipinski definition) is 9. The third kappa shape index (κ3) is 3.25. The SMILES string of the molecule is CC(CS(=O)(=O)[O-])C(=O)OCC(=O)OC1C2CC3C(=O)OC1C3C2. The Morgan fingerprint density at radius 2 is 2.08 bits per heavy atom. The van der Waals surface area contributed by atoms with Crippen LogP contribution < -0.4 is 0 Å². The molecule has 1 saturated heterocycles. The molecule has 2 saturated carbocycles. The van der Waals surface area contributed by atoms with Gasteiger partial charge in [-0.15, -0.1) is 0 Å². The summed E-state index contributed by atoms with van der Waals surface area (Å²) < 4.78 is 47.0. The second-order valence-electron chi connectivity index (χ2n) is 6.59. The maximum atomic E-state index is 11.8. The highest BCUT2D eigenvalue weighted by molar-refractivity contribution is 7.85. The van der Waals surface area contributed by atoms with Gasteiger partial charge >= 0.3 is 17.9 Å². The van der Waals surface area contributed by atoms with Crippen LogP contribution in [0.2, 0.25) is 0 Å². The minimum atomic E-state index is -4.56. The zero-order valence-electron chi connectivity index (χ0n) is 12.9. The van der Waals surface area contributed by atoms with Crippen molar-refractivity contribution in [2.24, 2.45) is 23.7 Å². The van der Waals surface area contributed by atoms with E-state index < -0.39 is 52.5 Å². The first-order valence-corrected chi connectivity index (χ1v) is 9.23. The molecule has 2 aliphatic carbocycles. The molecule has 24 heavy (non-hydrogen) atoms. The Bertz CT molecular complexity index is 670. The van der Waals surface area contributed by atoms with Crippen LogP contribution in [0.4, 0.5) is 0 Å². The monoisotopic (exact) mass is 361 g/mol. The van der Waals surface area contributed by atoms with E-state index in [9.17, 15) is 27.4 Å². The van der Waals surface area contributed by atoms with Crippen molar-refractivity contribution in [3.8, 4) is 0 Å². The molecule has 0 aromatic carbocycles. The molecule has 3 fully saturated rings. The molecule has 134 valence electrons. The molecular formula is C14H17O9S-. The minimum Gasteiger partial charge on any atom is -0.748 e. The number of hydrogen-bond donors (Lipinski definition) is 0. The van der Waals surface area contributed by atoms with Crippen LogP contribution in [-0.4, -0.2) is 55.4 Å². The molecule has 0 radical (unpaired) electrons. The van der Waals surface area contributed by atoms with E-state index in [4.69, 9.17) is 9.47 Å². The van der Waals surface area contributed by atoms with E-state index in [1.54, 1.807) is 0 Å². The highest BCUT2D eigenvalue weighted by atomic mass is 32.2. The maximum absolute atomic E-state index is 11.8. The Morgan fingerprint density at radius 1 is 1.38 bits per heavy atom. The highest BCUT2D eigenvalue weighted by Crippen LogP contribution is 2.55. The van der Waals surface area contributed by atoms with Gasteiger partial charge in [-0.2, -0.15) is 0 Å². The molecule has 0 aromatic heterocycles. The molecule has 2 bridgehead atoms. The third-order valence-corrected chi connectivity index (χ3v) is 5.78. The Morgan fingerprint density at radius 3 is 2.75 bits per heavy atom. The van der Waals surface area contributed by atoms with E-state index in [0.29, 0.717) is 6.42 Å². The van der Waals surface area contributed by atoms with Crippen molar-refractivity contribution in [3.05, 3.63) is 0 Å². The molecule has 0 amide bonds. The van der Waals surface area contributed by atoms with Gasteiger partial charge in [-0.1, -0.05) is 6.92 Å². The van der Waals surface area contributed by atoms with Gasteiger partial charge in [-0.25, -0.2) is 13.2 Å². The summed E-state index contributed by atoms with van der Waals surface area (Å²) in [5.41, 5.74) is 0. The van der Waals surface area contributed by atoms with Crippen LogP contribution in [0.3, 0.4) is 0 Å². The van der Waals surface area contributed by atoms with E-state index in [1.807, 2.05) is 0 Å². The molecule has 3 rings (SSSR count). The fourth-order valence-electron chi connectivity index (χ4n) is 3.90. The first-order chi connectivity index (χ1) is 11.2. The molecule has 6 unspecified atom stereocenters.